The van der Waals surface area contributed by atoms with E-state index in [-0.39, 0.29) is 15.7 Å². The average molecular weight is 431 g/mol. The standard InChI is InChI=1S/C21H17Cl2FN4O/c22-16-3-5-18(20(24)19(16)23)27-21-15-10-13(2-4-17(15)25-12-26-21)14-6-8-28(11-14)7-1-9-29/h1-5,7,9-10,12,14H,6,8,11H2,(H,25,26,27)/b7-1+/t14-/m1/s1. The van der Waals surface area contributed by atoms with E-state index >= 15 is 0 Å². The number of fused-ring (bicyclic) bond motifs is 1. The molecular weight excluding hydrogens is 414 g/mol. The molecule has 0 aliphatic carbocycles. The summed E-state index contributed by atoms with van der Waals surface area (Å²) in [6.07, 6.45) is 6.51. The number of carbonyl (C=O) groups excluding carboxylic acids is 1. The Kier molecular flexibility index (Phi) is 5.65. The normalized spacial score (nSPS) is 16.7. The van der Waals surface area contributed by atoms with Gasteiger partial charge in [0.25, 0.3) is 0 Å². The average Bonchev–Trinajstić information content (AvgIpc) is 3.21. The first-order valence-electron chi connectivity index (χ1n) is 9.08. The Labute approximate surface area is 177 Å². The van der Waals surface area contributed by atoms with Gasteiger partial charge in [-0.25, -0.2) is 14.4 Å². The molecule has 2 heterocycles. The van der Waals surface area contributed by atoms with Gasteiger partial charge in [-0.3, -0.25) is 4.79 Å². The van der Waals surface area contributed by atoms with Crippen LogP contribution in [0.1, 0.15) is 17.9 Å². The fourth-order valence-corrected chi connectivity index (χ4v) is 3.84. The summed E-state index contributed by atoms with van der Waals surface area (Å²) in [7, 11) is 0. The minimum atomic E-state index is -0.629. The second-order valence-electron chi connectivity index (χ2n) is 6.80. The largest absolute Gasteiger partial charge is 0.377 e. The van der Waals surface area contributed by atoms with Crippen LogP contribution in [0.25, 0.3) is 10.9 Å². The molecule has 1 aliphatic rings. The highest BCUT2D eigenvalue weighted by Gasteiger charge is 2.22. The molecular formula is C21H17Cl2FN4O. The molecule has 0 spiro atoms. The zero-order chi connectivity index (χ0) is 20.4. The number of hydrogen-bond donors (Lipinski definition) is 1. The van der Waals surface area contributed by atoms with E-state index in [4.69, 9.17) is 23.2 Å². The van der Waals surface area contributed by atoms with Crippen molar-refractivity contribution in [1.82, 2.24) is 14.9 Å². The number of aldehydes is 1. The number of likely N-dealkylation sites (tertiary alicyclic amines) is 1. The molecule has 0 saturated carbocycles. The van der Waals surface area contributed by atoms with Crippen molar-refractivity contribution < 1.29 is 9.18 Å². The zero-order valence-electron chi connectivity index (χ0n) is 15.3. The smallest absolute Gasteiger partial charge is 0.166 e. The third kappa shape index (κ3) is 4.04. The molecule has 8 heteroatoms. The van der Waals surface area contributed by atoms with Gasteiger partial charge < -0.3 is 10.2 Å². The van der Waals surface area contributed by atoms with E-state index in [1.54, 1.807) is 0 Å². The van der Waals surface area contributed by atoms with Gasteiger partial charge in [-0.2, -0.15) is 0 Å². The quantitative estimate of drug-likeness (QED) is 0.337. The predicted octanol–water partition coefficient (Wildman–Crippen LogP) is 5.32. The van der Waals surface area contributed by atoms with Crippen LogP contribution in [0.2, 0.25) is 10.0 Å². The lowest BCUT2D eigenvalue weighted by Gasteiger charge is -2.15. The van der Waals surface area contributed by atoms with E-state index in [1.807, 2.05) is 18.3 Å². The summed E-state index contributed by atoms with van der Waals surface area (Å²) in [5.41, 5.74) is 2.09. The number of benzene rings is 2. The van der Waals surface area contributed by atoms with Gasteiger partial charge in [0.15, 0.2) is 5.82 Å². The van der Waals surface area contributed by atoms with Crippen molar-refractivity contribution in [3.63, 3.8) is 0 Å². The molecule has 1 fully saturated rings. The lowest BCUT2D eigenvalue weighted by atomic mass is 9.97. The lowest BCUT2D eigenvalue weighted by molar-refractivity contribution is -0.104. The Morgan fingerprint density at radius 1 is 1.21 bits per heavy atom. The van der Waals surface area contributed by atoms with E-state index in [9.17, 15) is 9.18 Å². The molecule has 3 aromatic rings. The van der Waals surface area contributed by atoms with E-state index in [0.717, 1.165) is 42.3 Å². The maximum atomic E-state index is 14.5. The molecule has 29 heavy (non-hydrogen) atoms. The summed E-state index contributed by atoms with van der Waals surface area (Å²) in [5.74, 6) is 0.186. The SMILES string of the molecule is O=C/C=C/N1CC[C@@H](c2ccc3ncnc(Nc4ccc(Cl)c(Cl)c4F)c3c2)C1. The molecule has 0 unspecified atom stereocenters. The van der Waals surface area contributed by atoms with Crippen molar-refractivity contribution in [3.8, 4) is 0 Å². The van der Waals surface area contributed by atoms with Gasteiger partial charge >= 0.3 is 0 Å². The van der Waals surface area contributed by atoms with Gasteiger partial charge in [0, 0.05) is 30.6 Å². The number of aromatic nitrogens is 2. The molecule has 1 N–H and O–H groups in total. The van der Waals surface area contributed by atoms with Crippen LogP contribution in [0.3, 0.4) is 0 Å². The molecule has 4 rings (SSSR count). The fraction of sp³-hybridized carbons (Fsp3) is 0.190. The summed E-state index contributed by atoms with van der Waals surface area (Å²) in [5, 5.41) is 3.82. The third-order valence-electron chi connectivity index (χ3n) is 5.01. The third-order valence-corrected chi connectivity index (χ3v) is 5.80. The van der Waals surface area contributed by atoms with Crippen LogP contribution in [0.15, 0.2) is 48.9 Å². The summed E-state index contributed by atoms with van der Waals surface area (Å²) in [6.45, 7) is 1.71. The maximum absolute atomic E-state index is 14.5. The Morgan fingerprint density at radius 2 is 2.07 bits per heavy atom. The van der Waals surface area contributed by atoms with Crippen molar-refractivity contribution in [3.05, 3.63) is 70.4 Å². The Bertz CT molecular complexity index is 1110. The van der Waals surface area contributed by atoms with Gasteiger partial charge in [-0.05, 0) is 42.3 Å². The second kappa shape index (κ2) is 8.35. The van der Waals surface area contributed by atoms with Crippen LogP contribution in [0.4, 0.5) is 15.9 Å². The highest BCUT2D eigenvalue weighted by Crippen LogP contribution is 2.34. The fourth-order valence-electron chi connectivity index (χ4n) is 3.53. The summed E-state index contributed by atoms with van der Waals surface area (Å²) in [4.78, 5) is 21.3. The van der Waals surface area contributed by atoms with Crippen LogP contribution >= 0.6 is 23.2 Å². The van der Waals surface area contributed by atoms with Gasteiger partial charge in [-0.15, -0.1) is 0 Å². The minimum absolute atomic E-state index is 0.134. The Hall–Kier alpha value is -2.70. The van der Waals surface area contributed by atoms with Crippen LogP contribution in [-0.2, 0) is 4.79 Å². The predicted molar refractivity (Wildman–Crippen MR) is 113 cm³/mol. The first-order chi connectivity index (χ1) is 14.1. The summed E-state index contributed by atoms with van der Waals surface area (Å²) >= 11 is 11.8. The molecule has 0 radical (unpaired) electrons. The van der Waals surface area contributed by atoms with Crippen molar-refractivity contribution in [2.45, 2.75) is 12.3 Å². The van der Waals surface area contributed by atoms with Crippen LogP contribution in [0.5, 0.6) is 0 Å². The zero-order valence-corrected chi connectivity index (χ0v) is 16.8. The Balaban J connectivity index is 1.66. The monoisotopic (exact) mass is 430 g/mol. The van der Waals surface area contributed by atoms with E-state index in [0.29, 0.717) is 11.7 Å². The first-order valence-corrected chi connectivity index (χ1v) is 9.83. The van der Waals surface area contributed by atoms with Crippen LogP contribution < -0.4 is 5.32 Å². The van der Waals surface area contributed by atoms with Crippen LogP contribution in [-0.4, -0.2) is 34.2 Å². The highest BCUT2D eigenvalue weighted by molar-refractivity contribution is 6.42. The Morgan fingerprint density at radius 3 is 2.90 bits per heavy atom. The molecule has 1 saturated heterocycles. The number of allylic oxidation sites excluding steroid dienone is 1. The van der Waals surface area contributed by atoms with E-state index in [2.05, 4.69) is 26.3 Å². The van der Waals surface area contributed by atoms with Crippen molar-refractivity contribution in [2.75, 3.05) is 18.4 Å². The topological polar surface area (TPSA) is 58.1 Å². The van der Waals surface area contributed by atoms with Gasteiger partial charge in [-0.1, -0.05) is 29.3 Å². The number of rotatable bonds is 5. The van der Waals surface area contributed by atoms with Crippen molar-refractivity contribution in [1.29, 1.82) is 0 Å². The van der Waals surface area contributed by atoms with E-state index in [1.165, 1.54) is 24.5 Å². The molecule has 0 amide bonds. The highest BCUT2D eigenvalue weighted by atomic mass is 35.5. The number of nitrogens with zero attached hydrogens (tertiary/aromatic N) is 3. The summed E-state index contributed by atoms with van der Waals surface area (Å²) in [6, 6.07) is 9.08. The van der Waals surface area contributed by atoms with Gasteiger partial charge in [0.05, 0.1) is 21.2 Å². The number of nitrogens with one attached hydrogen (secondary N) is 1. The minimum Gasteiger partial charge on any atom is -0.377 e. The lowest BCUT2D eigenvalue weighted by Crippen LogP contribution is -2.12. The molecule has 1 aromatic heterocycles. The van der Waals surface area contributed by atoms with Crippen molar-refractivity contribution >= 4 is 51.9 Å². The number of carbonyl (C=O) groups is 1. The molecule has 0 bridgehead atoms. The van der Waals surface area contributed by atoms with Crippen molar-refractivity contribution in [2.24, 2.45) is 0 Å². The van der Waals surface area contributed by atoms with Gasteiger partial charge in [0.2, 0.25) is 0 Å². The number of hydrogen-bond acceptors (Lipinski definition) is 5. The molecule has 1 atom stereocenters. The second-order valence-corrected chi connectivity index (χ2v) is 7.59. The molecule has 148 valence electrons. The number of anilines is 2. The van der Waals surface area contributed by atoms with Gasteiger partial charge in [0.1, 0.15) is 18.4 Å². The van der Waals surface area contributed by atoms with Crippen LogP contribution in [0, 0.1) is 5.82 Å². The molecule has 5 nitrogen and oxygen atoms in total. The molecule has 2 aromatic carbocycles. The maximum Gasteiger partial charge on any atom is 0.166 e. The number of halogens is 3. The molecule has 1 aliphatic heterocycles. The first kappa shape index (κ1) is 19.6. The summed E-state index contributed by atoms with van der Waals surface area (Å²) < 4.78 is 14.5. The van der Waals surface area contributed by atoms with E-state index < -0.39 is 5.82 Å².